The van der Waals surface area contributed by atoms with E-state index in [1.54, 1.807) is 6.33 Å². The first-order valence-corrected chi connectivity index (χ1v) is 10.2. The predicted molar refractivity (Wildman–Crippen MR) is 110 cm³/mol. The van der Waals surface area contributed by atoms with Gasteiger partial charge in [0.2, 0.25) is 5.91 Å². The summed E-state index contributed by atoms with van der Waals surface area (Å²) < 4.78 is 5.26. The first kappa shape index (κ1) is 19.3. The Morgan fingerprint density at radius 3 is 2.79 bits per heavy atom. The van der Waals surface area contributed by atoms with Crippen molar-refractivity contribution in [1.82, 2.24) is 20.0 Å². The highest BCUT2D eigenvalue weighted by molar-refractivity contribution is 5.76. The molecule has 1 aliphatic heterocycles. The summed E-state index contributed by atoms with van der Waals surface area (Å²) in [5.74, 6) is 1.45. The Bertz CT molecular complexity index is 964. The average Bonchev–Trinajstić information content (AvgIpc) is 3.33. The number of hydrogen-bond acceptors (Lipinski definition) is 5. The van der Waals surface area contributed by atoms with Gasteiger partial charge in [0.1, 0.15) is 12.1 Å². The molecule has 150 valence electrons. The van der Waals surface area contributed by atoms with E-state index < -0.39 is 0 Å². The first-order valence-electron chi connectivity index (χ1n) is 10.2. The lowest BCUT2D eigenvalue weighted by Crippen LogP contribution is -2.29. The maximum absolute atomic E-state index is 12.6. The Kier molecular flexibility index (Phi) is 5.69. The van der Waals surface area contributed by atoms with E-state index in [1.165, 1.54) is 5.56 Å². The smallest absolute Gasteiger partial charge is 0.222 e. The molecule has 1 fully saturated rings. The Morgan fingerprint density at radius 1 is 1.21 bits per heavy atom. The van der Waals surface area contributed by atoms with Crippen LogP contribution in [0.1, 0.15) is 35.6 Å². The second kappa shape index (κ2) is 8.55. The van der Waals surface area contributed by atoms with Crippen molar-refractivity contribution in [3.05, 3.63) is 65.4 Å². The Hall–Kier alpha value is -3.02. The number of amides is 1. The van der Waals surface area contributed by atoms with Crippen molar-refractivity contribution in [2.45, 2.75) is 39.5 Å². The fourth-order valence-electron chi connectivity index (χ4n) is 4.07. The van der Waals surface area contributed by atoms with Crippen LogP contribution in [0.25, 0.3) is 11.3 Å². The minimum absolute atomic E-state index is 0.246. The standard InChI is InChI=1S/C23H26N4O2/c1-16-23(17(2)29-26-16)21-13-20(24-15-25-21)12-19-10-11-27(14-19)22(28)9-8-18-6-4-3-5-7-18/h3-7,13,15,19H,8-12,14H2,1-2H3. The van der Waals surface area contributed by atoms with Gasteiger partial charge < -0.3 is 9.42 Å². The van der Waals surface area contributed by atoms with Crippen LogP contribution in [0.3, 0.4) is 0 Å². The molecular weight excluding hydrogens is 364 g/mol. The van der Waals surface area contributed by atoms with Crippen LogP contribution in [0.2, 0.25) is 0 Å². The number of nitrogens with zero attached hydrogens (tertiary/aromatic N) is 4. The molecule has 1 aromatic carbocycles. The van der Waals surface area contributed by atoms with Crippen molar-refractivity contribution in [2.75, 3.05) is 13.1 Å². The molecule has 29 heavy (non-hydrogen) atoms. The van der Waals surface area contributed by atoms with Crippen molar-refractivity contribution in [3.8, 4) is 11.3 Å². The lowest BCUT2D eigenvalue weighted by Gasteiger charge is -2.16. The zero-order chi connectivity index (χ0) is 20.2. The van der Waals surface area contributed by atoms with E-state index in [2.05, 4.69) is 27.3 Å². The molecule has 2 aromatic heterocycles. The second-order valence-electron chi connectivity index (χ2n) is 7.78. The predicted octanol–water partition coefficient (Wildman–Crippen LogP) is 3.77. The van der Waals surface area contributed by atoms with Crippen molar-refractivity contribution >= 4 is 5.91 Å². The second-order valence-corrected chi connectivity index (χ2v) is 7.78. The SMILES string of the molecule is Cc1noc(C)c1-c1cc(CC2CCN(C(=O)CCc3ccccc3)C2)ncn1. The number of rotatable bonds is 6. The number of likely N-dealkylation sites (tertiary alicyclic amines) is 1. The van der Waals surface area contributed by atoms with Gasteiger partial charge in [-0.25, -0.2) is 9.97 Å². The Labute approximate surface area is 171 Å². The van der Waals surface area contributed by atoms with Gasteiger partial charge >= 0.3 is 0 Å². The quantitative estimate of drug-likeness (QED) is 0.641. The molecule has 4 rings (SSSR count). The minimum Gasteiger partial charge on any atom is -0.361 e. The van der Waals surface area contributed by atoms with Crippen LogP contribution in [-0.2, 0) is 17.6 Å². The summed E-state index contributed by atoms with van der Waals surface area (Å²) in [5, 5.41) is 4.01. The topological polar surface area (TPSA) is 72.1 Å². The largest absolute Gasteiger partial charge is 0.361 e. The number of carbonyl (C=O) groups is 1. The zero-order valence-corrected chi connectivity index (χ0v) is 17.0. The maximum atomic E-state index is 12.6. The van der Waals surface area contributed by atoms with Gasteiger partial charge in [-0.3, -0.25) is 4.79 Å². The minimum atomic E-state index is 0.246. The lowest BCUT2D eigenvalue weighted by atomic mass is 10.0. The van der Waals surface area contributed by atoms with Crippen molar-refractivity contribution in [2.24, 2.45) is 5.92 Å². The van der Waals surface area contributed by atoms with Gasteiger partial charge in [0, 0.05) is 25.2 Å². The molecule has 6 heteroatoms. The van der Waals surface area contributed by atoms with Crippen molar-refractivity contribution in [3.63, 3.8) is 0 Å². The van der Waals surface area contributed by atoms with Gasteiger partial charge in [0.05, 0.1) is 17.0 Å². The normalized spacial score (nSPS) is 16.3. The zero-order valence-electron chi connectivity index (χ0n) is 17.0. The third-order valence-corrected chi connectivity index (χ3v) is 5.62. The lowest BCUT2D eigenvalue weighted by molar-refractivity contribution is -0.130. The fourth-order valence-corrected chi connectivity index (χ4v) is 4.07. The van der Waals surface area contributed by atoms with Crippen molar-refractivity contribution < 1.29 is 9.32 Å². The molecule has 3 aromatic rings. The van der Waals surface area contributed by atoms with Crippen LogP contribution in [0.5, 0.6) is 0 Å². The summed E-state index contributed by atoms with van der Waals surface area (Å²) >= 11 is 0. The monoisotopic (exact) mass is 390 g/mol. The fraction of sp³-hybridized carbons (Fsp3) is 0.391. The molecule has 1 atom stereocenters. The van der Waals surface area contributed by atoms with Gasteiger partial charge in [-0.1, -0.05) is 35.5 Å². The molecule has 0 N–H and O–H groups in total. The van der Waals surface area contributed by atoms with Crippen LogP contribution in [0.4, 0.5) is 0 Å². The van der Waals surface area contributed by atoms with E-state index in [9.17, 15) is 4.79 Å². The summed E-state index contributed by atoms with van der Waals surface area (Å²) in [6, 6.07) is 12.2. The van der Waals surface area contributed by atoms with Gasteiger partial charge in [-0.15, -0.1) is 0 Å². The van der Waals surface area contributed by atoms with Crippen LogP contribution in [0, 0.1) is 19.8 Å². The molecule has 1 aliphatic rings. The number of benzene rings is 1. The molecule has 0 spiro atoms. The number of aryl methyl sites for hydroxylation is 3. The van der Waals surface area contributed by atoms with Gasteiger partial charge in [-0.05, 0) is 50.7 Å². The van der Waals surface area contributed by atoms with E-state index in [1.807, 2.05) is 43.0 Å². The third-order valence-electron chi connectivity index (χ3n) is 5.62. The number of hydrogen-bond donors (Lipinski definition) is 0. The van der Waals surface area contributed by atoms with Crippen LogP contribution < -0.4 is 0 Å². The highest BCUT2D eigenvalue weighted by Crippen LogP contribution is 2.27. The van der Waals surface area contributed by atoms with E-state index in [-0.39, 0.29) is 5.91 Å². The Morgan fingerprint density at radius 2 is 2.03 bits per heavy atom. The van der Waals surface area contributed by atoms with E-state index in [0.29, 0.717) is 12.3 Å². The van der Waals surface area contributed by atoms with Gasteiger partial charge in [-0.2, -0.15) is 0 Å². The molecule has 6 nitrogen and oxygen atoms in total. The van der Waals surface area contributed by atoms with Crippen molar-refractivity contribution in [1.29, 1.82) is 0 Å². The van der Waals surface area contributed by atoms with E-state index in [0.717, 1.165) is 60.8 Å². The molecule has 0 radical (unpaired) electrons. The molecule has 0 saturated carbocycles. The maximum Gasteiger partial charge on any atom is 0.222 e. The first-order chi connectivity index (χ1) is 14.1. The average molecular weight is 390 g/mol. The molecule has 1 unspecified atom stereocenters. The summed E-state index contributed by atoms with van der Waals surface area (Å²) in [7, 11) is 0. The van der Waals surface area contributed by atoms with Gasteiger partial charge in [0.15, 0.2) is 0 Å². The Balaban J connectivity index is 1.34. The van der Waals surface area contributed by atoms with Crippen LogP contribution >= 0.6 is 0 Å². The van der Waals surface area contributed by atoms with E-state index >= 15 is 0 Å². The molecule has 0 aliphatic carbocycles. The molecule has 1 amide bonds. The number of aromatic nitrogens is 3. The summed E-state index contributed by atoms with van der Waals surface area (Å²) in [6.45, 7) is 5.45. The summed E-state index contributed by atoms with van der Waals surface area (Å²) in [6.07, 6.45) is 4.84. The molecule has 0 bridgehead atoms. The summed E-state index contributed by atoms with van der Waals surface area (Å²) in [4.78, 5) is 23.4. The molecular formula is C23H26N4O2. The highest BCUT2D eigenvalue weighted by atomic mass is 16.5. The summed E-state index contributed by atoms with van der Waals surface area (Å²) in [5.41, 5.74) is 4.84. The molecule has 3 heterocycles. The van der Waals surface area contributed by atoms with Gasteiger partial charge in [0.25, 0.3) is 0 Å². The third kappa shape index (κ3) is 4.53. The van der Waals surface area contributed by atoms with Crippen LogP contribution in [0.15, 0.2) is 47.2 Å². The number of carbonyl (C=O) groups excluding carboxylic acids is 1. The van der Waals surface area contributed by atoms with Crippen LogP contribution in [-0.4, -0.2) is 39.0 Å². The molecule has 1 saturated heterocycles. The van der Waals surface area contributed by atoms with E-state index in [4.69, 9.17) is 4.52 Å². The highest BCUT2D eigenvalue weighted by Gasteiger charge is 2.26.